The van der Waals surface area contributed by atoms with Crippen molar-refractivity contribution in [1.82, 2.24) is 15.4 Å². The molecule has 2 amide bonds. The molecule has 0 saturated carbocycles. The van der Waals surface area contributed by atoms with Gasteiger partial charge in [-0.2, -0.15) is 0 Å². The Kier molecular flexibility index (Phi) is 5.09. The standard InChI is InChI=1S/C18H21N3O5S/c1-12(18(2)16(22)19-17(23)20-18)21-27(24,25)15-10-8-14(9-11-15)26-13-6-4-3-5-7-13/h3-12,16,21-22H,1-2H3,(H2,19,20,23)/t12-,16?,18-/m1/s1. The van der Waals surface area contributed by atoms with Gasteiger partial charge in [0.1, 0.15) is 11.5 Å². The lowest BCUT2D eigenvalue weighted by atomic mass is 9.94. The van der Waals surface area contributed by atoms with Crippen LogP contribution in [0.4, 0.5) is 4.79 Å². The van der Waals surface area contributed by atoms with Gasteiger partial charge >= 0.3 is 6.03 Å². The fourth-order valence-electron chi connectivity index (χ4n) is 2.70. The minimum atomic E-state index is -3.86. The highest BCUT2D eigenvalue weighted by atomic mass is 32.2. The number of urea groups is 1. The van der Waals surface area contributed by atoms with Gasteiger partial charge in [-0.05, 0) is 50.2 Å². The molecule has 3 rings (SSSR count). The molecule has 1 aliphatic rings. The van der Waals surface area contributed by atoms with Crippen molar-refractivity contribution in [3.8, 4) is 11.5 Å². The first-order valence-electron chi connectivity index (χ1n) is 8.33. The van der Waals surface area contributed by atoms with Crippen molar-refractivity contribution >= 4 is 16.1 Å². The average Bonchev–Trinajstić information content (AvgIpc) is 2.89. The third-order valence-electron chi connectivity index (χ3n) is 4.56. The van der Waals surface area contributed by atoms with E-state index in [-0.39, 0.29) is 4.90 Å². The van der Waals surface area contributed by atoms with Crippen molar-refractivity contribution < 1.29 is 23.1 Å². The number of carbonyl (C=O) groups excluding carboxylic acids is 1. The third-order valence-corrected chi connectivity index (χ3v) is 6.12. The lowest BCUT2D eigenvalue weighted by Gasteiger charge is -2.33. The molecule has 0 radical (unpaired) electrons. The number of rotatable bonds is 6. The van der Waals surface area contributed by atoms with E-state index in [2.05, 4.69) is 15.4 Å². The van der Waals surface area contributed by atoms with Gasteiger partial charge in [-0.3, -0.25) is 0 Å². The van der Waals surface area contributed by atoms with E-state index in [1.807, 2.05) is 18.2 Å². The van der Waals surface area contributed by atoms with Crippen molar-refractivity contribution in [3.05, 3.63) is 54.6 Å². The molecular formula is C18H21N3O5S. The summed E-state index contributed by atoms with van der Waals surface area (Å²) in [6, 6.07) is 13.8. The van der Waals surface area contributed by atoms with Crippen LogP contribution in [-0.2, 0) is 10.0 Å². The Morgan fingerprint density at radius 2 is 1.70 bits per heavy atom. The second kappa shape index (κ2) is 7.18. The maximum Gasteiger partial charge on any atom is 0.317 e. The first-order valence-corrected chi connectivity index (χ1v) is 9.81. The zero-order valence-corrected chi connectivity index (χ0v) is 15.7. The van der Waals surface area contributed by atoms with Crippen molar-refractivity contribution in [2.24, 2.45) is 0 Å². The van der Waals surface area contributed by atoms with Crippen molar-refractivity contribution in [1.29, 1.82) is 0 Å². The fourth-order valence-corrected chi connectivity index (χ4v) is 4.04. The van der Waals surface area contributed by atoms with Crippen LogP contribution < -0.4 is 20.1 Å². The number of ether oxygens (including phenoxy) is 1. The predicted molar refractivity (Wildman–Crippen MR) is 98.8 cm³/mol. The molecule has 4 N–H and O–H groups in total. The summed E-state index contributed by atoms with van der Waals surface area (Å²) < 4.78 is 33.4. The quantitative estimate of drug-likeness (QED) is 0.596. The lowest BCUT2D eigenvalue weighted by Crippen LogP contribution is -2.60. The minimum absolute atomic E-state index is 0.0464. The molecule has 0 spiro atoms. The number of benzene rings is 2. The Morgan fingerprint density at radius 3 is 2.26 bits per heavy atom. The third kappa shape index (κ3) is 4.05. The Morgan fingerprint density at radius 1 is 1.11 bits per heavy atom. The monoisotopic (exact) mass is 391 g/mol. The van der Waals surface area contributed by atoms with Crippen LogP contribution in [0.1, 0.15) is 13.8 Å². The van der Waals surface area contributed by atoms with E-state index in [4.69, 9.17) is 4.74 Å². The summed E-state index contributed by atoms with van der Waals surface area (Å²) >= 11 is 0. The first-order chi connectivity index (χ1) is 12.7. The molecular weight excluding hydrogens is 370 g/mol. The van der Waals surface area contributed by atoms with E-state index < -0.39 is 33.9 Å². The predicted octanol–water partition coefficient (Wildman–Crippen LogP) is 1.54. The van der Waals surface area contributed by atoms with Crippen LogP contribution >= 0.6 is 0 Å². The van der Waals surface area contributed by atoms with Gasteiger partial charge in [0.05, 0.1) is 10.4 Å². The Labute approximate surface area is 157 Å². The zero-order chi connectivity index (χ0) is 19.7. The normalized spacial score (nSPS) is 23.4. The van der Waals surface area contributed by atoms with Gasteiger partial charge in [-0.1, -0.05) is 18.2 Å². The molecule has 9 heteroatoms. The molecule has 1 heterocycles. The number of hydrogen-bond acceptors (Lipinski definition) is 5. The van der Waals surface area contributed by atoms with Gasteiger partial charge in [0.2, 0.25) is 10.0 Å². The number of nitrogens with one attached hydrogen (secondary N) is 3. The van der Waals surface area contributed by atoms with Gasteiger partial charge in [0.25, 0.3) is 0 Å². The largest absolute Gasteiger partial charge is 0.457 e. The van der Waals surface area contributed by atoms with Crippen molar-refractivity contribution in [2.75, 3.05) is 0 Å². The lowest BCUT2D eigenvalue weighted by molar-refractivity contribution is 0.0757. The highest BCUT2D eigenvalue weighted by Crippen LogP contribution is 2.24. The summed E-state index contributed by atoms with van der Waals surface area (Å²) in [5.41, 5.74) is -1.18. The topological polar surface area (TPSA) is 117 Å². The molecule has 1 fully saturated rings. The van der Waals surface area contributed by atoms with Gasteiger partial charge in [0.15, 0.2) is 6.23 Å². The number of sulfonamides is 1. The average molecular weight is 391 g/mol. The number of aliphatic hydroxyl groups is 1. The zero-order valence-electron chi connectivity index (χ0n) is 14.8. The molecule has 1 saturated heterocycles. The van der Waals surface area contributed by atoms with E-state index in [1.165, 1.54) is 12.1 Å². The van der Waals surface area contributed by atoms with E-state index >= 15 is 0 Å². The summed E-state index contributed by atoms with van der Waals surface area (Å²) in [4.78, 5) is 11.5. The Hall–Kier alpha value is -2.62. The number of amides is 2. The smallest absolute Gasteiger partial charge is 0.317 e. The van der Waals surface area contributed by atoms with Crippen LogP contribution in [0.5, 0.6) is 11.5 Å². The number of para-hydroxylation sites is 1. The van der Waals surface area contributed by atoms with Gasteiger partial charge < -0.3 is 20.5 Å². The van der Waals surface area contributed by atoms with Crippen molar-refractivity contribution in [2.45, 2.75) is 36.6 Å². The molecule has 27 heavy (non-hydrogen) atoms. The van der Waals surface area contributed by atoms with Crippen molar-refractivity contribution in [3.63, 3.8) is 0 Å². The molecule has 2 aromatic rings. The summed E-state index contributed by atoms with van der Waals surface area (Å²) in [5.74, 6) is 1.15. The molecule has 1 unspecified atom stereocenters. The highest BCUT2D eigenvalue weighted by Gasteiger charge is 2.47. The number of carbonyl (C=O) groups is 1. The summed E-state index contributed by atoms with van der Waals surface area (Å²) in [5, 5.41) is 14.8. The van der Waals surface area contributed by atoms with E-state index in [0.29, 0.717) is 11.5 Å². The summed E-state index contributed by atoms with van der Waals surface area (Å²) in [6.07, 6.45) is -1.22. The molecule has 2 aromatic carbocycles. The molecule has 0 aliphatic carbocycles. The van der Waals surface area contributed by atoms with E-state index in [9.17, 15) is 18.3 Å². The van der Waals surface area contributed by atoms with Gasteiger partial charge in [-0.15, -0.1) is 0 Å². The Bertz CT molecular complexity index is 918. The van der Waals surface area contributed by atoms with Crippen LogP contribution in [0, 0.1) is 0 Å². The van der Waals surface area contributed by atoms with Crippen LogP contribution in [0.3, 0.4) is 0 Å². The molecule has 0 aromatic heterocycles. The van der Waals surface area contributed by atoms with Crippen LogP contribution in [0.2, 0.25) is 0 Å². The minimum Gasteiger partial charge on any atom is -0.457 e. The second-order valence-electron chi connectivity index (χ2n) is 6.51. The molecule has 3 atom stereocenters. The van der Waals surface area contributed by atoms with Crippen LogP contribution in [0.15, 0.2) is 59.5 Å². The van der Waals surface area contributed by atoms with Crippen LogP contribution in [0.25, 0.3) is 0 Å². The van der Waals surface area contributed by atoms with E-state index in [0.717, 1.165) is 0 Å². The number of aliphatic hydroxyl groups excluding tert-OH is 1. The maximum absolute atomic E-state index is 12.6. The highest BCUT2D eigenvalue weighted by molar-refractivity contribution is 7.89. The van der Waals surface area contributed by atoms with Gasteiger partial charge in [0, 0.05) is 6.04 Å². The van der Waals surface area contributed by atoms with Gasteiger partial charge in [-0.25, -0.2) is 17.9 Å². The molecule has 8 nitrogen and oxygen atoms in total. The maximum atomic E-state index is 12.6. The fraction of sp³-hybridized carbons (Fsp3) is 0.278. The van der Waals surface area contributed by atoms with E-state index in [1.54, 1.807) is 38.1 Å². The second-order valence-corrected chi connectivity index (χ2v) is 8.23. The molecule has 0 bridgehead atoms. The Balaban J connectivity index is 1.72. The van der Waals surface area contributed by atoms with Crippen LogP contribution in [-0.4, -0.2) is 37.4 Å². The summed E-state index contributed by atoms with van der Waals surface area (Å²) in [7, 11) is -3.86. The first kappa shape index (κ1) is 19.2. The SMILES string of the molecule is C[C@@H](NS(=O)(=O)c1ccc(Oc2ccccc2)cc1)[C@@]1(C)NC(=O)NC1O. The summed E-state index contributed by atoms with van der Waals surface area (Å²) in [6.45, 7) is 3.13. The molecule has 144 valence electrons. The molecule has 1 aliphatic heterocycles. The number of hydrogen-bond donors (Lipinski definition) is 4.